The van der Waals surface area contributed by atoms with Gasteiger partial charge in [0.2, 0.25) is 0 Å². The Morgan fingerprint density at radius 2 is 2.36 bits per heavy atom. The zero-order valence-electron chi connectivity index (χ0n) is 6.78. The fraction of sp³-hybridized carbons (Fsp3) is 0. The fourth-order valence-electron chi connectivity index (χ4n) is 0.948. The highest BCUT2D eigenvalue weighted by molar-refractivity contribution is 5.83. The molecule has 7 heteroatoms. The number of fused-ring (bicyclic) bond motifs is 1. The number of carbonyl (C=O) groups is 2. The van der Waals surface area contributed by atoms with Crippen molar-refractivity contribution in [3.63, 3.8) is 0 Å². The van der Waals surface area contributed by atoms with E-state index in [0.29, 0.717) is 11.8 Å². The second-order valence-corrected chi connectivity index (χ2v) is 2.49. The highest BCUT2D eigenvalue weighted by Gasteiger charge is 2.11. The molecule has 0 amide bonds. The number of carboxylic acid groups (broad SMARTS) is 1. The van der Waals surface area contributed by atoms with E-state index in [1.54, 1.807) is 0 Å². The predicted molar refractivity (Wildman–Crippen MR) is 43.1 cm³/mol. The Morgan fingerprint density at radius 1 is 1.57 bits per heavy atom. The first kappa shape index (κ1) is 8.30. The molecule has 2 aromatic heterocycles. The van der Waals surface area contributed by atoms with E-state index < -0.39 is 5.97 Å². The molecule has 0 spiro atoms. The molecule has 0 fully saturated rings. The van der Waals surface area contributed by atoms with Gasteiger partial charge in [-0.2, -0.15) is 4.98 Å². The van der Waals surface area contributed by atoms with Crippen LogP contribution < -0.4 is 0 Å². The van der Waals surface area contributed by atoms with Gasteiger partial charge in [-0.3, -0.25) is 4.79 Å². The molecule has 2 heterocycles. The van der Waals surface area contributed by atoms with Crippen molar-refractivity contribution >= 4 is 18.0 Å². The topological polar surface area (TPSA) is 97.5 Å². The molecule has 0 aliphatic carbocycles. The second-order valence-electron chi connectivity index (χ2n) is 2.49. The van der Waals surface area contributed by atoms with Crippen LogP contribution in [0, 0.1) is 0 Å². The van der Waals surface area contributed by atoms with E-state index in [2.05, 4.69) is 15.1 Å². The van der Waals surface area contributed by atoms with Gasteiger partial charge in [-0.05, 0) is 0 Å². The highest BCUT2D eigenvalue weighted by Crippen LogP contribution is 1.99. The summed E-state index contributed by atoms with van der Waals surface area (Å²) in [5.74, 6) is -1.43. The number of hydrogen-bond acceptors (Lipinski definition) is 5. The minimum atomic E-state index is -1.23. The first-order valence-corrected chi connectivity index (χ1v) is 3.61. The van der Waals surface area contributed by atoms with Crippen LogP contribution in [0.5, 0.6) is 0 Å². The maximum Gasteiger partial charge on any atom is 0.375 e. The van der Waals surface area contributed by atoms with Gasteiger partial charge in [0, 0.05) is 12.4 Å². The summed E-state index contributed by atoms with van der Waals surface area (Å²) in [6.07, 6.45) is 3.24. The summed E-state index contributed by atoms with van der Waals surface area (Å²) in [4.78, 5) is 28.2. The van der Waals surface area contributed by atoms with Crippen LogP contribution >= 0.6 is 0 Å². The van der Waals surface area contributed by atoms with Crippen LogP contribution in [0.3, 0.4) is 0 Å². The molecule has 0 aliphatic heterocycles. The molecular weight excluding hydrogens is 188 g/mol. The summed E-state index contributed by atoms with van der Waals surface area (Å²) < 4.78 is 1.15. The lowest BCUT2D eigenvalue weighted by molar-refractivity contribution is 0.0683. The van der Waals surface area contributed by atoms with E-state index in [0.717, 1.165) is 4.52 Å². The van der Waals surface area contributed by atoms with Crippen LogP contribution in [0.2, 0.25) is 0 Å². The summed E-state index contributed by atoms with van der Waals surface area (Å²) in [6, 6.07) is 0. The van der Waals surface area contributed by atoms with Crippen LogP contribution in [0.4, 0.5) is 0 Å². The molecule has 7 nitrogen and oxygen atoms in total. The Balaban J connectivity index is 2.65. The lowest BCUT2D eigenvalue weighted by atomic mass is 10.4. The van der Waals surface area contributed by atoms with Gasteiger partial charge in [-0.15, -0.1) is 5.10 Å². The number of aromatic carboxylic acids is 1. The quantitative estimate of drug-likeness (QED) is 0.652. The first-order chi connectivity index (χ1) is 6.70. The SMILES string of the molecule is O=Cc1cnc2nc(C(=O)O)nn2c1. The Kier molecular flexibility index (Phi) is 1.70. The number of aldehydes is 1. The monoisotopic (exact) mass is 192 g/mol. The number of nitrogens with zero attached hydrogens (tertiary/aromatic N) is 4. The van der Waals surface area contributed by atoms with Crippen LogP contribution in [-0.4, -0.2) is 36.9 Å². The van der Waals surface area contributed by atoms with Gasteiger partial charge >= 0.3 is 5.97 Å². The second kappa shape index (κ2) is 2.87. The van der Waals surface area contributed by atoms with Gasteiger partial charge in [0.15, 0.2) is 6.29 Å². The third-order valence-electron chi connectivity index (χ3n) is 1.54. The van der Waals surface area contributed by atoms with Crippen LogP contribution in [0.15, 0.2) is 12.4 Å². The summed E-state index contributed by atoms with van der Waals surface area (Å²) in [5, 5.41) is 12.2. The third-order valence-corrected chi connectivity index (χ3v) is 1.54. The van der Waals surface area contributed by atoms with Crippen molar-refractivity contribution in [1.29, 1.82) is 0 Å². The lowest BCUT2D eigenvalue weighted by Crippen LogP contribution is -1.99. The number of rotatable bonds is 2. The minimum absolute atomic E-state index is 0.146. The molecule has 14 heavy (non-hydrogen) atoms. The largest absolute Gasteiger partial charge is 0.475 e. The van der Waals surface area contributed by atoms with Gasteiger partial charge in [0.05, 0.1) is 5.56 Å². The number of carbonyl (C=O) groups excluding carboxylic acids is 1. The number of aromatic nitrogens is 4. The molecule has 0 bridgehead atoms. The standard InChI is InChI=1S/C7H4N4O3/c12-3-4-1-8-7-9-5(6(13)14)10-11(7)2-4/h1-3H,(H,13,14). The zero-order chi connectivity index (χ0) is 10.1. The summed E-state index contributed by atoms with van der Waals surface area (Å²) in [6.45, 7) is 0. The molecule has 0 saturated carbocycles. The van der Waals surface area contributed by atoms with Crippen LogP contribution in [-0.2, 0) is 0 Å². The van der Waals surface area contributed by atoms with Gasteiger partial charge in [-0.25, -0.2) is 14.3 Å². The van der Waals surface area contributed by atoms with Crippen LogP contribution in [0.25, 0.3) is 5.78 Å². The molecule has 0 atom stereocenters. The summed E-state index contributed by atoms with van der Waals surface area (Å²) in [7, 11) is 0. The molecule has 2 aromatic rings. The maximum absolute atomic E-state index is 10.5. The summed E-state index contributed by atoms with van der Waals surface area (Å²) in [5.41, 5.74) is 0.305. The molecule has 1 N–H and O–H groups in total. The van der Waals surface area contributed by atoms with E-state index in [9.17, 15) is 9.59 Å². The van der Waals surface area contributed by atoms with E-state index >= 15 is 0 Å². The lowest BCUT2D eigenvalue weighted by Gasteiger charge is -1.89. The minimum Gasteiger partial charge on any atom is -0.475 e. The van der Waals surface area contributed by atoms with Gasteiger partial charge in [0.25, 0.3) is 11.6 Å². The van der Waals surface area contributed by atoms with Crippen molar-refractivity contribution in [3.05, 3.63) is 23.8 Å². The van der Waals surface area contributed by atoms with Crippen molar-refractivity contribution in [3.8, 4) is 0 Å². The average molecular weight is 192 g/mol. The van der Waals surface area contributed by atoms with Crippen LogP contribution in [0.1, 0.15) is 21.0 Å². The number of hydrogen-bond donors (Lipinski definition) is 1. The van der Waals surface area contributed by atoms with Crippen molar-refractivity contribution in [2.24, 2.45) is 0 Å². The zero-order valence-corrected chi connectivity index (χ0v) is 6.78. The third kappa shape index (κ3) is 1.20. The van der Waals surface area contributed by atoms with Gasteiger partial charge < -0.3 is 5.11 Å². The highest BCUT2D eigenvalue weighted by atomic mass is 16.4. The molecule has 0 saturated heterocycles. The Bertz CT molecular complexity index is 519. The van der Waals surface area contributed by atoms with E-state index in [1.165, 1.54) is 12.4 Å². The van der Waals surface area contributed by atoms with Crippen molar-refractivity contribution in [2.45, 2.75) is 0 Å². The van der Waals surface area contributed by atoms with Gasteiger partial charge in [-0.1, -0.05) is 0 Å². The Labute approximate surface area is 77.0 Å². The van der Waals surface area contributed by atoms with E-state index in [1.807, 2.05) is 0 Å². The first-order valence-electron chi connectivity index (χ1n) is 3.61. The summed E-state index contributed by atoms with van der Waals surface area (Å²) >= 11 is 0. The maximum atomic E-state index is 10.5. The molecule has 2 rings (SSSR count). The van der Waals surface area contributed by atoms with E-state index in [-0.39, 0.29) is 11.6 Å². The molecule has 0 aromatic carbocycles. The fourth-order valence-corrected chi connectivity index (χ4v) is 0.948. The van der Waals surface area contributed by atoms with E-state index in [4.69, 9.17) is 5.11 Å². The molecule has 0 aliphatic rings. The van der Waals surface area contributed by atoms with Crippen molar-refractivity contribution < 1.29 is 14.7 Å². The number of carboxylic acids is 1. The Morgan fingerprint density at radius 3 is 3.00 bits per heavy atom. The van der Waals surface area contributed by atoms with Gasteiger partial charge in [0.1, 0.15) is 0 Å². The Hall–Kier alpha value is -2.31. The van der Waals surface area contributed by atoms with Crippen molar-refractivity contribution in [1.82, 2.24) is 19.6 Å². The van der Waals surface area contributed by atoms with Crippen molar-refractivity contribution in [2.75, 3.05) is 0 Å². The predicted octanol–water partition coefficient (Wildman–Crippen LogP) is -0.365. The normalized spacial score (nSPS) is 10.3. The molecule has 0 radical (unpaired) electrons. The molecule has 70 valence electrons. The molecular formula is C7H4N4O3. The smallest absolute Gasteiger partial charge is 0.375 e. The average Bonchev–Trinajstić information content (AvgIpc) is 2.59. The molecule has 0 unspecified atom stereocenters.